The highest BCUT2D eigenvalue weighted by molar-refractivity contribution is 5.88. The van der Waals surface area contributed by atoms with E-state index < -0.39 is 5.79 Å². The van der Waals surface area contributed by atoms with Gasteiger partial charge in [0.1, 0.15) is 6.10 Å². The minimum atomic E-state index is -0.587. The number of hydrogen-bond donors (Lipinski definition) is 0. The standard InChI is InChI=1S/C14H18O3/c1-14(2)16-10-6-9-7-3-4-8(5-7)11(9)12(15)13(10)17-14/h3-4,7-11,13H,5-6H2,1-2H3/t7-,8+,9-,10+,11-,13+/m1/s1. The maximum atomic E-state index is 12.5. The number of carbonyl (C=O) groups is 1. The Morgan fingerprint density at radius 1 is 1.18 bits per heavy atom. The van der Waals surface area contributed by atoms with Gasteiger partial charge in [-0.15, -0.1) is 0 Å². The Hall–Kier alpha value is -0.670. The molecule has 1 heterocycles. The van der Waals surface area contributed by atoms with E-state index in [9.17, 15) is 4.79 Å². The van der Waals surface area contributed by atoms with Gasteiger partial charge in [-0.05, 0) is 44.4 Å². The van der Waals surface area contributed by atoms with Crippen molar-refractivity contribution in [2.75, 3.05) is 0 Å². The molecule has 4 aliphatic rings. The molecule has 92 valence electrons. The van der Waals surface area contributed by atoms with Crippen LogP contribution in [0.3, 0.4) is 0 Å². The van der Waals surface area contributed by atoms with Gasteiger partial charge in [0.15, 0.2) is 11.6 Å². The van der Waals surface area contributed by atoms with Crippen molar-refractivity contribution in [1.29, 1.82) is 0 Å². The molecule has 17 heavy (non-hydrogen) atoms. The first-order chi connectivity index (χ1) is 8.05. The quantitative estimate of drug-likeness (QED) is 0.601. The van der Waals surface area contributed by atoms with Crippen LogP contribution in [-0.2, 0) is 14.3 Å². The van der Waals surface area contributed by atoms with Gasteiger partial charge in [-0.2, -0.15) is 0 Å². The first-order valence-electron chi connectivity index (χ1n) is 6.63. The van der Waals surface area contributed by atoms with Crippen LogP contribution in [0.5, 0.6) is 0 Å². The normalized spacial score (nSPS) is 53.9. The monoisotopic (exact) mass is 234 g/mol. The molecule has 3 nitrogen and oxygen atoms in total. The lowest BCUT2D eigenvalue weighted by Crippen LogP contribution is -2.47. The van der Waals surface area contributed by atoms with E-state index in [1.165, 1.54) is 6.42 Å². The van der Waals surface area contributed by atoms with Crippen molar-refractivity contribution in [3.63, 3.8) is 0 Å². The van der Waals surface area contributed by atoms with Crippen molar-refractivity contribution in [3.05, 3.63) is 12.2 Å². The Kier molecular flexibility index (Phi) is 1.82. The van der Waals surface area contributed by atoms with E-state index in [4.69, 9.17) is 9.47 Å². The lowest BCUT2D eigenvalue weighted by atomic mass is 9.70. The van der Waals surface area contributed by atoms with Crippen LogP contribution in [0.1, 0.15) is 26.7 Å². The SMILES string of the molecule is CC1(C)O[C@H]2C[C@H]3[C@H](C(=O)[C@H]2O1)[C@H]1C=C[C@@H]3C1. The fraction of sp³-hybridized carbons (Fsp3) is 0.786. The predicted octanol–water partition coefficient (Wildman–Crippen LogP) is 1.92. The number of hydrogen-bond acceptors (Lipinski definition) is 3. The lowest BCUT2D eigenvalue weighted by Gasteiger charge is -2.36. The van der Waals surface area contributed by atoms with Gasteiger partial charge in [0.05, 0.1) is 6.10 Å². The van der Waals surface area contributed by atoms with Gasteiger partial charge < -0.3 is 9.47 Å². The first-order valence-corrected chi connectivity index (χ1v) is 6.63. The molecule has 0 unspecified atom stereocenters. The van der Waals surface area contributed by atoms with Crippen molar-refractivity contribution >= 4 is 5.78 Å². The van der Waals surface area contributed by atoms with Gasteiger partial charge in [-0.1, -0.05) is 12.2 Å². The number of fused-ring (bicyclic) bond motifs is 6. The summed E-state index contributed by atoms with van der Waals surface area (Å²) in [6.07, 6.45) is 6.40. The maximum Gasteiger partial charge on any atom is 0.168 e. The summed E-state index contributed by atoms with van der Waals surface area (Å²) in [7, 11) is 0. The van der Waals surface area contributed by atoms with Gasteiger partial charge >= 0.3 is 0 Å². The second-order valence-corrected chi connectivity index (χ2v) is 6.37. The van der Waals surface area contributed by atoms with E-state index in [1.807, 2.05) is 13.8 Å². The van der Waals surface area contributed by atoms with Crippen LogP contribution in [0.15, 0.2) is 12.2 Å². The van der Waals surface area contributed by atoms with Crippen LogP contribution in [0.2, 0.25) is 0 Å². The summed E-state index contributed by atoms with van der Waals surface area (Å²) in [5, 5.41) is 0. The summed E-state index contributed by atoms with van der Waals surface area (Å²) in [5.41, 5.74) is 0. The Bertz CT molecular complexity index is 412. The maximum absolute atomic E-state index is 12.5. The van der Waals surface area contributed by atoms with Gasteiger partial charge in [0.2, 0.25) is 0 Å². The zero-order valence-corrected chi connectivity index (χ0v) is 10.3. The molecule has 6 atom stereocenters. The topological polar surface area (TPSA) is 35.5 Å². The molecule has 0 radical (unpaired) electrons. The summed E-state index contributed by atoms with van der Waals surface area (Å²) in [4.78, 5) is 12.5. The van der Waals surface area contributed by atoms with Gasteiger partial charge in [-0.25, -0.2) is 0 Å². The van der Waals surface area contributed by atoms with Gasteiger partial charge in [-0.3, -0.25) is 4.79 Å². The number of allylic oxidation sites excluding steroid dienone is 2. The summed E-state index contributed by atoms with van der Waals surface area (Å²) in [6.45, 7) is 3.81. The third kappa shape index (κ3) is 1.27. The molecule has 0 N–H and O–H groups in total. The minimum absolute atomic E-state index is 0.00787. The molecule has 4 rings (SSSR count). The van der Waals surface area contributed by atoms with Crippen LogP contribution >= 0.6 is 0 Å². The largest absolute Gasteiger partial charge is 0.344 e. The molecule has 0 spiro atoms. The highest BCUT2D eigenvalue weighted by atomic mass is 16.8. The Labute approximate surface area is 101 Å². The number of carbonyl (C=O) groups excluding carboxylic acids is 1. The van der Waals surface area contributed by atoms with Crippen LogP contribution in [0.25, 0.3) is 0 Å². The van der Waals surface area contributed by atoms with Crippen molar-refractivity contribution in [2.45, 2.75) is 44.7 Å². The van der Waals surface area contributed by atoms with Crippen LogP contribution in [-0.4, -0.2) is 23.8 Å². The molecule has 0 amide bonds. The fourth-order valence-electron chi connectivity index (χ4n) is 4.37. The highest BCUT2D eigenvalue weighted by Gasteiger charge is 2.59. The van der Waals surface area contributed by atoms with E-state index in [-0.39, 0.29) is 18.1 Å². The summed E-state index contributed by atoms with van der Waals surface area (Å²) >= 11 is 0. The van der Waals surface area contributed by atoms with Gasteiger partial charge in [0.25, 0.3) is 0 Å². The van der Waals surface area contributed by atoms with E-state index in [1.54, 1.807) is 0 Å². The zero-order chi connectivity index (χ0) is 11.8. The molecular weight excluding hydrogens is 216 g/mol. The number of Topliss-reactive ketones (excluding diaryl/α,β-unsaturated/α-hetero) is 1. The number of ether oxygens (including phenoxy) is 2. The average molecular weight is 234 g/mol. The van der Waals surface area contributed by atoms with Crippen molar-refractivity contribution < 1.29 is 14.3 Å². The molecule has 0 aromatic rings. The Morgan fingerprint density at radius 2 is 1.94 bits per heavy atom. The van der Waals surface area contributed by atoms with E-state index in [0.29, 0.717) is 23.5 Å². The second-order valence-electron chi connectivity index (χ2n) is 6.37. The number of ketones is 1. The number of rotatable bonds is 0. The zero-order valence-electron chi connectivity index (χ0n) is 10.3. The smallest absolute Gasteiger partial charge is 0.168 e. The summed E-state index contributed by atoms with van der Waals surface area (Å²) < 4.78 is 11.7. The molecular formula is C14H18O3. The molecule has 2 bridgehead atoms. The Morgan fingerprint density at radius 3 is 2.76 bits per heavy atom. The van der Waals surface area contributed by atoms with Crippen molar-refractivity contribution in [3.8, 4) is 0 Å². The fourth-order valence-corrected chi connectivity index (χ4v) is 4.37. The molecule has 1 aliphatic heterocycles. The average Bonchev–Trinajstić information content (AvgIpc) is 2.89. The molecule has 0 aromatic heterocycles. The van der Waals surface area contributed by atoms with Crippen LogP contribution in [0.4, 0.5) is 0 Å². The second kappa shape index (κ2) is 3.01. The van der Waals surface area contributed by atoms with E-state index in [0.717, 1.165) is 6.42 Å². The van der Waals surface area contributed by atoms with Crippen LogP contribution in [0, 0.1) is 23.7 Å². The summed E-state index contributed by atoms with van der Waals surface area (Å²) in [5.74, 6) is 1.53. The van der Waals surface area contributed by atoms with Crippen molar-refractivity contribution in [1.82, 2.24) is 0 Å². The predicted molar refractivity (Wildman–Crippen MR) is 61.2 cm³/mol. The molecule has 0 aromatic carbocycles. The lowest BCUT2D eigenvalue weighted by molar-refractivity contribution is -0.155. The van der Waals surface area contributed by atoms with Gasteiger partial charge in [0, 0.05) is 5.92 Å². The highest BCUT2D eigenvalue weighted by Crippen LogP contribution is 2.55. The Balaban J connectivity index is 1.68. The third-order valence-electron chi connectivity index (χ3n) is 4.92. The molecule has 3 fully saturated rings. The van der Waals surface area contributed by atoms with E-state index in [2.05, 4.69) is 12.2 Å². The minimum Gasteiger partial charge on any atom is -0.344 e. The molecule has 2 saturated carbocycles. The third-order valence-corrected chi connectivity index (χ3v) is 4.92. The van der Waals surface area contributed by atoms with Crippen molar-refractivity contribution in [2.24, 2.45) is 23.7 Å². The summed E-state index contributed by atoms with van der Waals surface area (Å²) in [6, 6.07) is 0. The van der Waals surface area contributed by atoms with E-state index >= 15 is 0 Å². The molecule has 3 aliphatic carbocycles. The molecule has 1 saturated heterocycles. The molecule has 3 heteroatoms. The first kappa shape index (κ1) is 10.3. The van der Waals surface area contributed by atoms with Crippen LogP contribution < -0.4 is 0 Å².